The normalized spacial score (nSPS) is 20.2. The summed E-state index contributed by atoms with van der Waals surface area (Å²) in [6.45, 7) is 4.42. The van der Waals surface area contributed by atoms with E-state index in [1.54, 1.807) is 0 Å². The summed E-state index contributed by atoms with van der Waals surface area (Å²) in [6, 6.07) is 8.05. The van der Waals surface area contributed by atoms with E-state index in [0.29, 0.717) is 12.5 Å². The zero-order valence-corrected chi connectivity index (χ0v) is 10.3. The van der Waals surface area contributed by atoms with Gasteiger partial charge in [0.15, 0.2) is 0 Å². The molecule has 0 bridgehead atoms. The van der Waals surface area contributed by atoms with Gasteiger partial charge in [0.05, 0.1) is 13.2 Å². The topological polar surface area (TPSA) is 35.2 Å². The SMILES string of the molecule is CC(CN)CC1(c2ccccc2Cl)COC1. The first-order valence-corrected chi connectivity index (χ1v) is 6.08. The Labute approximate surface area is 102 Å². The van der Waals surface area contributed by atoms with Gasteiger partial charge in [-0.2, -0.15) is 0 Å². The van der Waals surface area contributed by atoms with Crippen molar-refractivity contribution in [2.75, 3.05) is 19.8 Å². The quantitative estimate of drug-likeness (QED) is 0.877. The van der Waals surface area contributed by atoms with E-state index in [4.69, 9.17) is 22.1 Å². The van der Waals surface area contributed by atoms with E-state index in [0.717, 1.165) is 24.7 Å². The van der Waals surface area contributed by atoms with Gasteiger partial charge in [0.2, 0.25) is 0 Å². The van der Waals surface area contributed by atoms with Gasteiger partial charge < -0.3 is 10.5 Å². The molecule has 1 atom stereocenters. The van der Waals surface area contributed by atoms with Gasteiger partial charge in [-0.3, -0.25) is 0 Å². The van der Waals surface area contributed by atoms with Crippen LogP contribution in [0.15, 0.2) is 24.3 Å². The Balaban J connectivity index is 2.25. The average Bonchev–Trinajstić information content (AvgIpc) is 2.24. The summed E-state index contributed by atoms with van der Waals surface area (Å²) < 4.78 is 5.39. The van der Waals surface area contributed by atoms with Crippen LogP contribution in [-0.2, 0) is 10.2 Å². The molecule has 16 heavy (non-hydrogen) atoms. The van der Waals surface area contributed by atoms with Gasteiger partial charge in [-0.15, -0.1) is 0 Å². The minimum absolute atomic E-state index is 0.0944. The molecule has 0 aromatic heterocycles. The van der Waals surface area contributed by atoms with E-state index in [1.165, 1.54) is 5.56 Å². The fourth-order valence-electron chi connectivity index (χ4n) is 2.37. The van der Waals surface area contributed by atoms with Gasteiger partial charge in [0.1, 0.15) is 0 Å². The number of hydrogen-bond acceptors (Lipinski definition) is 2. The van der Waals surface area contributed by atoms with Crippen molar-refractivity contribution in [1.29, 1.82) is 0 Å². The highest BCUT2D eigenvalue weighted by atomic mass is 35.5. The predicted octanol–water partition coefficient (Wildman–Crippen LogP) is 2.59. The zero-order chi connectivity index (χ0) is 11.6. The first kappa shape index (κ1) is 11.9. The number of nitrogens with two attached hydrogens (primary N) is 1. The molecule has 1 saturated heterocycles. The first-order chi connectivity index (χ1) is 7.68. The van der Waals surface area contributed by atoms with Crippen LogP contribution in [0.4, 0.5) is 0 Å². The van der Waals surface area contributed by atoms with Crippen molar-refractivity contribution < 1.29 is 4.74 Å². The van der Waals surface area contributed by atoms with Crippen LogP contribution < -0.4 is 5.73 Å². The van der Waals surface area contributed by atoms with Crippen molar-refractivity contribution in [3.63, 3.8) is 0 Å². The van der Waals surface area contributed by atoms with Crippen LogP contribution in [0.1, 0.15) is 18.9 Å². The van der Waals surface area contributed by atoms with Crippen LogP contribution in [-0.4, -0.2) is 19.8 Å². The van der Waals surface area contributed by atoms with E-state index >= 15 is 0 Å². The molecule has 1 aliphatic rings. The smallest absolute Gasteiger partial charge is 0.0586 e. The lowest BCUT2D eigenvalue weighted by Gasteiger charge is -2.44. The second-order valence-electron chi connectivity index (χ2n) is 4.80. The average molecular weight is 240 g/mol. The van der Waals surface area contributed by atoms with Gasteiger partial charge in [-0.05, 0) is 30.5 Å². The van der Waals surface area contributed by atoms with Crippen LogP contribution >= 0.6 is 11.6 Å². The van der Waals surface area contributed by atoms with Crippen LogP contribution in [0.25, 0.3) is 0 Å². The molecule has 1 aliphatic heterocycles. The molecule has 1 fully saturated rings. The summed E-state index contributed by atoms with van der Waals surface area (Å²) in [5, 5.41) is 0.843. The van der Waals surface area contributed by atoms with E-state index in [9.17, 15) is 0 Å². The molecule has 0 aliphatic carbocycles. The van der Waals surface area contributed by atoms with Crippen molar-refractivity contribution in [3.8, 4) is 0 Å². The van der Waals surface area contributed by atoms with Crippen molar-refractivity contribution in [1.82, 2.24) is 0 Å². The number of halogens is 1. The molecule has 1 heterocycles. The summed E-state index contributed by atoms with van der Waals surface area (Å²) in [4.78, 5) is 0. The summed E-state index contributed by atoms with van der Waals surface area (Å²) in [6.07, 6.45) is 1.05. The molecule has 1 aromatic rings. The van der Waals surface area contributed by atoms with Crippen molar-refractivity contribution in [3.05, 3.63) is 34.9 Å². The molecule has 0 saturated carbocycles. The number of hydrogen-bond donors (Lipinski definition) is 1. The number of ether oxygens (including phenoxy) is 1. The third-order valence-corrected chi connectivity index (χ3v) is 3.67. The highest BCUT2D eigenvalue weighted by Gasteiger charge is 2.42. The molecular weight excluding hydrogens is 222 g/mol. The second-order valence-corrected chi connectivity index (χ2v) is 5.21. The van der Waals surface area contributed by atoms with Gasteiger partial charge >= 0.3 is 0 Å². The van der Waals surface area contributed by atoms with E-state index in [1.807, 2.05) is 18.2 Å². The van der Waals surface area contributed by atoms with E-state index in [2.05, 4.69) is 13.0 Å². The van der Waals surface area contributed by atoms with Crippen LogP contribution in [0.3, 0.4) is 0 Å². The highest BCUT2D eigenvalue weighted by Crippen LogP contribution is 2.41. The molecule has 2 rings (SSSR count). The molecule has 88 valence electrons. The predicted molar refractivity (Wildman–Crippen MR) is 66.8 cm³/mol. The van der Waals surface area contributed by atoms with Gasteiger partial charge in [-0.1, -0.05) is 36.7 Å². The number of rotatable bonds is 4. The maximum absolute atomic E-state index is 6.26. The molecule has 0 radical (unpaired) electrons. The third-order valence-electron chi connectivity index (χ3n) is 3.34. The lowest BCUT2D eigenvalue weighted by atomic mass is 9.72. The third kappa shape index (κ3) is 2.10. The molecule has 3 heteroatoms. The van der Waals surface area contributed by atoms with Gasteiger partial charge in [0.25, 0.3) is 0 Å². The largest absolute Gasteiger partial charge is 0.379 e. The number of benzene rings is 1. The lowest BCUT2D eigenvalue weighted by Crippen LogP contribution is -2.48. The van der Waals surface area contributed by atoms with Crippen molar-refractivity contribution in [2.24, 2.45) is 11.7 Å². The summed E-state index contributed by atoms with van der Waals surface area (Å²) in [5.41, 5.74) is 7.01. The molecule has 0 amide bonds. The Hall–Kier alpha value is -0.570. The Morgan fingerprint density at radius 1 is 1.44 bits per heavy atom. The van der Waals surface area contributed by atoms with Crippen LogP contribution in [0.5, 0.6) is 0 Å². The molecular formula is C13H18ClNO. The van der Waals surface area contributed by atoms with Gasteiger partial charge in [-0.25, -0.2) is 0 Å². The first-order valence-electron chi connectivity index (χ1n) is 5.71. The monoisotopic (exact) mass is 239 g/mol. The Bertz CT molecular complexity index is 363. The zero-order valence-electron chi connectivity index (χ0n) is 9.58. The molecule has 0 spiro atoms. The fourth-order valence-corrected chi connectivity index (χ4v) is 2.71. The van der Waals surface area contributed by atoms with Gasteiger partial charge in [0, 0.05) is 10.4 Å². The van der Waals surface area contributed by atoms with E-state index in [-0.39, 0.29) is 5.41 Å². The highest BCUT2D eigenvalue weighted by molar-refractivity contribution is 6.31. The van der Waals surface area contributed by atoms with E-state index < -0.39 is 0 Å². The van der Waals surface area contributed by atoms with Crippen molar-refractivity contribution in [2.45, 2.75) is 18.8 Å². The molecule has 2 nitrogen and oxygen atoms in total. The summed E-state index contributed by atoms with van der Waals surface area (Å²) >= 11 is 6.26. The molecule has 1 unspecified atom stereocenters. The molecule has 2 N–H and O–H groups in total. The molecule has 1 aromatic carbocycles. The summed E-state index contributed by atoms with van der Waals surface area (Å²) in [5.74, 6) is 0.500. The summed E-state index contributed by atoms with van der Waals surface area (Å²) in [7, 11) is 0. The fraction of sp³-hybridized carbons (Fsp3) is 0.538. The van der Waals surface area contributed by atoms with Crippen LogP contribution in [0.2, 0.25) is 5.02 Å². The maximum atomic E-state index is 6.26. The standard InChI is InChI=1S/C13H18ClNO/c1-10(7-15)6-13(8-16-9-13)11-4-2-3-5-12(11)14/h2-5,10H,6-9,15H2,1H3. The van der Waals surface area contributed by atoms with Crippen LogP contribution in [0, 0.1) is 5.92 Å². The second kappa shape index (κ2) is 4.74. The minimum atomic E-state index is 0.0944. The Morgan fingerprint density at radius 3 is 2.62 bits per heavy atom. The Morgan fingerprint density at radius 2 is 2.12 bits per heavy atom. The Kier molecular flexibility index (Phi) is 3.53. The maximum Gasteiger partial charge on any atom is 0.0586 e. The minimum Gasteiger partial charge on any atom is -0.379 e. The van der Waals surface area contributed by atoms with Crippen molar-refractivity contribution >= 4 is 11.6 Å². The lowest BCUT2D eigenvalue weighted by molar-refractivity contribution is -0.0701.